The van der Waals surface area contributed by atoms with Crippen molar-refractivity contribution < 1.29 is 26.1 Å². The van der Waals surface area contributed by atoms with E-state index in [1.165, 1.54) is 12.1 Å². The van der Waals surface area contributed by atoms with Crippen LogP contribution in [0.15, 0.2) is 51.5 Å². The van der Waals surface area contributed by atoms with Crippen LogP contribution in [0, 0.1) is 0 Å². The quantitative estimate of drug-likeness (QED) is 0.504. The van der Waals surface area contributed by atoms with Gasteiger partial charge in [-0.15, -0.1) is 11.3 Å². The molecule has 0 aliphatic rings. The number of sulfonamides is 1. The standard InChI is InChI=1S/C16H11F3N4O3S2/c17-16(18,19)13-6-11(23-26-13)12-3-4-14(27-12)28(24,25)22-8-9-7-21-15-10(9)2-1-5-20-15/h1-7,22H,8H2,(H,20,21). The number of alkyl halides is 3. The molecule has 0 saturated heterocycles. The van der Waals surface area contributed by atoms with Crippen LogP contribution in [0.2, 0.25) is 0 Å². The van der Waals surface area contributed by atoms with Gasteiger partial charge in [0.15, 0.2) is 0 Å². The van der Waals surface area contributed by atoms with Crippen LogP contribution in [0.1, 0.15) is 11.3 Å². The van der Waals surface area contributed by atoms with Gasteiger partial charge in [-0.3, -0.25) is 0 Å². The van der Waals surface area contributed by atoms with Crippen molar-refractivity contribution in [3.63, 3.8) is 0 Å². The molecule has 2 N–H and O–H groups in total. The molecule has 0 saturated carbocycles. The zero-order valence-electron chi connectivity index (χ0n) is 13.8. The van der Waals surface area contributed by atoms with Crippen molar-refractivity contribution in [2.45, 2.75) is 16.9 Å². The lowest BCUT2D eigenvalue weighted by Gasteiger charge is -2.03. The molecule has 4 rings (SSSR count). The van der Waals surface area contributed by atoms with Crippen molar-refractivity contribution in [2.24, 2.45) is 0 Å². The predicted molar refractivity (Wildman–Crippen MR) is 94.9 cm³/mol. The molecule has 12 heteroatoms. The van der Waals surface area contributed by atoms with Gasteiger partial charge >= 0.3 is 6.18 Å². The lowest BCUT2D eigenvalue weighted by atomic mass is 10.2. The highest BCUT2D eigenvalue weighted by molar-refractivity contribution is 7.91. The van der Waals surface area contributed by atoms with Crippen molar-refractivity contribution in [3.8, 4) is 10.6 Å². The summed E-state index contributed by atoms with van der Waals surface area (Å²) in [6.07, 6.45) is -1.38. The molecule has 0 radical (unpaired) electrons. The maximum absolute atomic E-state index is 12.6. The number of halogens is 3. The first-order valence-corrected chi connectivity index (χ1v) is 10.1. The van der Waals surface area contributed by atoms with Crippen molar-refractivity contribution in [2.75, 3.05) is 0 Å². The third kappa shape index (κ3) is 3.53. The van der Waals surface area contributed by atoms with Crippen molar-refractivity contribution in [1.29, 1.82) is 0 Å². The van der Waals surface area contributed by atoms with E-state index in [9.17, 15) is 21.6 Å². The van der Waals surface area contributed by atoms with Gasteiger partial charge in [-0.2, -0.15) is 13.2 Å². The summed E-state index contributed by atoms with van der Waals surface area (Å²) in [6, 6.07) is 6.98. The highest BCUT2D eigenvalue weighted by Crippen LogP contribution is 2.35. The topological polar surface area (TPSA) is 101 Å². The number of aromatic nitrogens is 3. The maximum atomic E-state index is 12.6. The normalized spacial score (nSPS) is 12.7. The number of aromatic amines is 1. The molecule has 4 aromatic heterocycles. The zero-order chi connectivity index (χ0) is 19.9. The molecule has 28 heavy (non-hydrogen) atoms. The van der Waals surface area contributed by atoms with E-state index in [4.69, 9.17) is 0 Å². The lowest BCUT2D eigenvalue weighted by Crippen LogP contribution is -2.22. The molecule has 4 heterocycles. The Bertz CT molecular complexity index is 1240. The van der Waals surface area contributed by atoms with E-state index in [0.717, 1.165) is 28.4 Å². The van der Waals surface area contributed by atoms with Crippen LogP contribution in [0.4, 0.5) is 13.2 Å². The average Bonchev–Trinajstić information content (AvgIpc) is 3.37. The van der Waals surface area contributed by atoms with Gasteiger partial charge in [0.05, 0.1) is 4.88 Å². The van der Waals surface area contributed by atoms with Gasteiger partial charge in [0.25, 0.3) is 0 Å². The van der Waals surface area contributed by atoms with Crippen molar-refractivity contribution >= 4 is 32.4 Å². The Morgan fingerprint density at radius 1 is 1.25 bits per heavy atom. The van der Waals surface area contributed by atoms with Crippen LogP contribution < -0.4 is 4.72 Å². The molecule has 0 spiro atoms. The molecular weight excluding hydrogens is 417 g/mol. The predicted octanol–water partition coefficient (Wildman–Crippen LogP) is 3.78. The first kappa shape index (κ1) is 18.7. The highest BCUT2D eigenvalue weighted by atomic mass is 32.2. The minimum absolute atomic E-state index is 0.0312. The summed E-state index contributed by atoms with van der Waals surface area (Å²) in [7, 11) is -3.86. The Morgan fingerprint density at radius 2 is 2.07 bits per heavy atom. The summed E-state index contributed by atoms with van der Waals surface area (Å²) in [4.78, 5) is 7.33. The van der Waals surface area contributed by atoms with E-state index >= 15 is 0 Å². The fourth-order valence-corrected chi connectivity index (χ4v) is 4.84. The van der Waals surface area contributed by atoms with E-state index in [0.29, 0.717) is 5.65 Å². The molecule has 0 aromatic carbocycles. The van der Waals surface area contributed by atoms with Crippen LogP contribution >= 0.6 is 11.3 Å². The number of thiophene rings is 1. The number of hydrogen-bond donors (Lipinski definition) is 2. The molecule has 0 fully saturated rings. The molecule has 0 atom stereocenters. The van der Waals surface area contributed by atoms with Gasteiger partial charge in [0, 0.05) is 30.4 Å². The van der Waals surface area contributed by atoms with Crippen LogP contribution in [0.3, 0.4) is 0 Å². The molecule has 146 valence electrons. The number of fused-ring (bicyclic) bond motifs is 1. The van der Waals surface area contributed by atoms with Crippen LogP contribution in [-0.2, 0) is 22.7 Å². The third-order valence-corrected chi connectivity index (χ3v) is 6.88. The molecule has 0 aliphatic carbocycles. The molecule has 7 nitrogen and oxygen atoms in total. The summed E-state index contributed by atoms with van der Waals surface area (Å²) >= 11 is 0.797. The number of H-pyrrole nitrogens is 1. The van der Waals surface area contributed by atoms with E-state index in [2.05, 4.69) is 24.4 Å². The van der Waals surface area contributed by atoms with E-state index in [1.807, 2.05) is 6.07 Å². The second kappa shape index (κ2) is 6.72. The van der Waals surface area contributed by atoms with Crippen molar-refractivity contribution in [1.82, 2.24) is 19.8 Å². The molecular formula is C16H11F3N4O3S2. The second-order valence-corrected chi connectivity index (χ2v) is 8.81. The molecule has 0 aliphatic heterocycles. The summed E-state index contributed by atoms with van der Waals surface area (Å²) < 4.78 is 69.6. The highest BCUT2D eigenvalue weighted by Gasteiger charge is 2.36. The third-order valence-electron chi connectivity index (χ3n) is 3.88. The number of rotatable bonds is 5. The maximum Gasteiger partial charge on any atom is 0.452 e. The first-order valence-electron chi connectivity index (χ1n) is 7.79. The lowest BCUT2D eigenvalue weighted by molar-refractivity contribution is -0.155. The van der Waals surface area contributed by atoms with E-state index < -0.39 is 22.0 Å². The Balaban J connectivity index is 1.53. The Kier molecular flexibility index (Phi) is 4.48. The van der Waals surface area contributed by atoms with Gasteiger partial charge in [-0.25, -0.2) is 18.1 Å². The number of hydrogen-bond acceptors (Lipinski definition) is 6. The Hall–Kier alpha value is -2.70. The van der Waals surface area contributed by atoms with Gasteiger partial charge in [-0.1, -0.05) is 5.16 Å². The minimum Gasteiger partial charge on any atom is -0.351 e. The van der Waals surface area contributed by atoms with Gasteiger partial charge in [0.2, 0.25) is 15.8 Å². The minimum atomic E-state index is -4.66. The Labute approximate surface area is 160 Å². The summed E-state index contributed by atoms with van der Waals surface area (Å²) in [5.41, 5.74) is 1.28. The number of pyridine rings is 1. The van der Waals surface area contributed by atoms with Gasteiger partial charge in [0.1, 0.15) is 15.6 Å². The van der Waals surface area contributed by atoms with E-state index in [1.54, 1.807) is 18.5 Å². The number of nitrogens with one attached hydrogen (secondary N) is 2. The van der Waals surface area contributed by atoms with Crippen LogP contribution in [-0.4, -0.2) is 23.5 Å². The Morgan fingerprint density at radius 3 is 2.82 bits per heavy atom. The van der Waals surface area contributed by atoms with Gasteiger partial charge < -0.3 is 9.51 Å². The van der Waals surface area contributed by atoms with Gasteiger partial charge in [-0.05, 0) is 29.8 Å². The SMILES string of the molecule is O=S(=O)(NCc1c[nH]c2ncccc12)c1ccc(-c2cc(C(F)(F)F)on2)s1. The zero-order valence-corrected chi connectivity index (χ0v) is 15.5. The number of nitrogens with zero attached hydrogens (tertiary/aromatic N) is 2. The van der Waals surface area contributed by atoms with E-state index in [-0.39, 0.29) is 21.3 Å². The monoisotopic (exact) mass is 428 g/mol. The smallest absolute Gasteiger partial charge is 0.351 e. The second-order valence-electron chi connectivity index (χ2n) is 5.73. The van der Waals surface area contributed by atoms with Crippen molar-refractivity contribution in [3.05, 3.63) is 54.0 Å². The fraction of sp³-hybridized carbons (Fsp3) is 0.125. The largest absolute Gasteiger partial charge is 0.452 e. The summed E-state index contributed by atoms with van der Waals surface area (Å²) in [5.74, 6) is -1.24. The average molecular weight is 428 g/mol. The summed E-state index contributed by atoms with van der Waals surface area (Å²) in [6.45, 7) is 0.0312. The van der Waals surface area contributed by atoms with Crippen LogP contribution in [0.5, 0.6) is 0 Å². The fourth-order valence-electron chi connectivity index (χ4n) is 2.53. The molecule has 0 bridgehead atoms. The summed E-state index contributed by atoms with van der Waals surface area (Å²) in [5, 5.41) is 4.15. The molecule has 0 amide bonds. The molecule has 4 aromatic rings. The van der Waals surface area contributed by atoms with Crippen LogP contribution in [0.25, 0.3) is 21.6 Å². The molecule has 0 unspecified atom stereocenters. The first-order chi connectivity index (χ1) is 13.2.